The summed E-state index contributed by atoms with van der Waals surface area (Å²) in [5.41, 5.74) is 2.20. The Morgan fingerprint density at radius 1 is 1.43 bits per heavy atom. The lowest BCUT2D eigenvalue weighted by Gasteiger charge is -2.11. The third-order valence-corrected chi connectivity index (χ3v) is 4.68. The van der Waals surface area contributed by atoms with Crippen LogP contribution in [0.15, 0.2) is 18.5 Å². The van der Waals surface area contributed by atoms with Gasteiger partial charge in [-0.1, -0.05) is 0 Å². The van der Waals surface area contributed by atoms with E-state index in [1.807, 2.05) is 6.07 Å². The molecule has 2 aromatic rings. The molecule has 0 amide bonds. The predicted octanol–water partition coefficient (Wildman–Crippen LogP) is 1.72. The number of rotatable bonds is 4. The number of Topliss-reactive ketones (excluding diaryl/α,β-unsaturated/α-hetero) is 2. The van der Waals surface area contributed by atoms with Gasteiger partial charge in [0.25, 0.3) is 0 Å². The van der Waals surface area contributed by atoms with Gasteiger partial charge in [-0.15, -0.1) is 0 Å². The molecule has 1 N–H and O–H groups in total. The van der Waals surface area contributed by atoms with Gasteiger partial charge in [0.15, 0.2) is 11.6 Å². The fraction of sp³-hybridized carbons (Fsp3) is 0.438. The van der Waals surface area contributed by atoms with E-state index in [2.05, 4.69) is 14.9 Å². The van der Waals surface area contributed by atoms with E-state index in [4.69, 9.17) is 0 Å². The van der Waals surface area contributed by atoms with Crippen molar-refractivity contribution in [1.82, 2.24) is 14.9 Å². The van der Waals surface area contributed by atoms with Crippen LogP contribution in [-0.4, -0.2) is 45.1 Å². The van der Waals surface area contributed by atoms with E-state index >= 15 is 0 Å². The number of fused-ring (bicyclic) bond motifs is 2. The fourth-order valence-electron chi connectivity index (χ4n) is 3.62. The molecule has 0 saturated carbocycles. The zero-order valence-corrected chi connectivity index (χ0v) is 11.9. The third kappa shape index (κ3) is 2.00. The molecule has 2 fully saturated rings. The fourth-order valence-corrected chi connectivity index (χ4v) is 3.62. The van der Waals surface area contributed by atoms with E-state index in [1.54, 1.807) is 19.3 Å². The first-order valence-electron chi connectivity index (χ1n) is 7.39. The Morgan fingerprint density at radius 3 is 2.95 bits per heavy atom. The molecule has 4 rings (SSSR count). The maximum absolute atomic E-state index is 12.5. The van der Waals surface area contributed by atoms with Crippen molar-refractivity contribution >= 4 is 22.5 Å². The molecule has 4 heterocycles. The third-order valence-electron chi connectivity index (χ3n) is 4.68. The molecule has 108 valence electrons. The Labute approximate surface area is 122 Å². The van der Waals surface area contributed by atoms with E-state index < -0.39 is 0 Å². The van der Waals surface area contributed by atoms with Crippen molar-refractivity contribution in [2.75, 3.05) is 6.54 Å². The van der Waals surface area contributed by atoms with E-state index in [1.165, 1.54) is 0 Å². The second-order valence-corrected chi connectivity index (χ2v) is 6.04. The number of piperidine rings is 1. The SMILES string of the molecule is CC(=O)c1c(CC(=O)[C@@H]2CC[C@H]3CN32)[nH]c2cnccc12. The lowest BCUT2D eigenvalue weighted by Crippen LogP contribution is -2.28. The summed E-state index contributed by atoms with van der Waals surface area (Å²) in [5.74, 6) is 0.211. The highest BCUT2D eigenvalue weighted by molar-refractivity contribution is 6.09. The van der Waals surface area contributed by atoms with Crippen LogP contribution in [0.2, 0.25) is 0 Å². The summed E-state index contributed by atoms with van der Waals surface area (Å²) < 4.78 is 0. The summed E-state index contributed by atoms with van der Waals surface area (Å²) in [6.45, 7) is 2.61. The number of carbonyl (C=O) groups excluding carboxylic acids is 2. The van der Waals surface area contributed by atoms with Crippen LogP contribution in [0.5, 0.6) is 0 Å². The van der Waals surface area contributed by atoms with E-state index in [9.17, 15) is 9.59 Å². The Hall–Kier alpha value is -2.01. The molecular formula is C16H17N3O2. The highest BCUT2D eigenvalue weighted by atomic mass is 16.1. The molecule has 21 heavy (non-hydrogen) atoms. The van der Waals surface area contributed by atoms with Gasteiger partial charge < -0.3 is 4.98 Å². The van der Waals surface area contributed by atoms with Crippen LogP contribution in [-0.2, 0) is 11.2 Å². The molecule has 2 saturated heterocycles. The summed E-state index contributed by atoms with van der Waals surface area (Å²) >= 11 is 0. The summed E-state index contributed by atoms with van der Waals surface area (Å²) in [7, 11) is 0. The maximum Gasteiger partial charge on any atom is 0.162 e. The maximum atomic E-state index is 12.5. The molecule has 2 aliphatic rings. The molecule has 2 aromatic heterocycles. The number of carbonyl (C=O) groups is 2. The Morgan fingerprint density at radius 2 is 2.29 bits per heavy atom. The Balaban J connectivity index is 1.67. The van der Waals surface area contributed by atoms with Crippen molar-refractivity contribution in [3.63, 3.8) is 0 Å². The minimum Gasteiger partial charge on any atom is -0.356 e. The van der Waals surface area contributed by atoms with Crippen LogP contribution in [0.1, 0.15) is 35.8 Å². The highest BCUT2D eigenvalue weighted by Crippen LogP contribution is 2.36. The number of aromatic amines is 1. The topological polar surface area (TPSA) is 65.8 Å². The molecule has 2 aliphatic heterocycles. The highest BCUT2D eigenvalue weighted by Gasteiger charge is 2.48. The molecular weight excluding hydrogens is 266 g/mol. The summed E-state index contributed by atoms with van der Waals surface area (Å²) in [4.78, 5) is 34.0. The molecule has 0 aromatic carbocycles. The normalized spacial score (nSPS) is 26.8. The van der Waals surface area contributed by atoms with E-state index in [0.717, 1.165) is 36.0 Å². The van der Waals surface area contributed by atoms with Gasteiger partial charge in [-0.25, -0.2) is 0 Å². The molecule has 0 bridgehead atoms. The van der Waals surface area contributed by atoms with Crippen molar-refractivity contribution in [2.24, 2.45) is 0 Å². The summed E-state index contributed by atoms with van der Waals surface area (Å²) in [6, 6.07) is 2.52. The minimum absolute atomic E-state index is 0.00808. The van der Waals surface area contributed by atoms with Gasteiger partial charge in [0.1, 0.15) is 0 Å². The van der Waals surface area contributed by atoms with E-state index in [-0.39, 0.29) is 17.6 Å². The lowest BCUT2D eigenvalue weighted by molar-refractivity contribution is -0.121. The number of hydrogen-bond donors (Lipinski definition) is 1. The van der Waals surface area contributed by atoms with Gasteiger partial charge in [-0.05, 0) is 25.8 Å². The first-order valence-corrected chi connectivity index (χ1v) is 7.39. The first-order chi connectivity index (χ1) is 10.1. The van der Waals surface area contributed by atoms with E-state index in [0.29, 0.717) is 18.0 Å². The van der Waals surface area contributed by atoms with Gasteiger partial charge in [0.05, 0.1) is 17.8 Å². The molecule has 5 heteroatoms. The van der Waals surface area contributed by atoms with Crippen LogP contribution in [0.25, 0.3) is 10.9 Å². The number of ketones is 2. The number of aromatic nitrogens is 2. The summed E-state index contributed by atoms with van der Waals surface area (Å²) in [6.07, 6.45) is 5.77. The average Bonchev–Trinajstić information content (AvgIpc) is 2.95. The van der Waals surface area contributed by atoms with Gasteiger partial charge in [-0.2, -0.15) is 0 Å². The van der Waals surface area contributed by atoms with Crippen molar-refractivity contribution < 1.29 is 9.59 Å². The predicted molar refractivity (Wildman–Crippen MR) is 78.3 cm³/mol. The molecule has 5 nitrogen and oxygen atoms in total. The first kappa shape index (κ1) is 12.7. The van der Waals surface area contributed by atoms with Crippen molar-refractivity contribution in [3.8, 4) is 0 Å². The number of H-pyrrole nitrogens is 1. The van der Waals surface area contributed by atoms with Gasteiger partial charge in [-0.3, -0.25) is 19.5 Å². The number of nitrogens with zero attached hydrogens (tertiary/aromatic N) is 2. The Kier molecular flexibility index (Phi) is 2.72. The number of pyridine rings is 1. The van der Waals surface area contributed by atoms with Gasteiger partial charge >= 0.3 is 0 Å². The zero-order valence-electron chi connectivity index (χ0n) is 11.9. The van der Waals surface area contributed by atoms with Crippen molar-refractivity contribution in [2.45, 2.75) is 38.3 Å². The second kappa shape index (κ2) is 4.49. The molecule has 0 spiro atoms. The van der Waals surface area contributed by atoms with Crippen molar-refractivity contribution in [1.29, 1.82) is 0 Å². The minimum atomic E-state index is -0.00808. The van der Waals surface area contributed by atoms with Crippen LogP contribution >= 0.6 is 0 Å². The molecule has 0 radical (unpaired) electrons. The quantitative estimate of drug-likeness (QED) is 0.685. The van der Waals surface area contributed by atoms with Crippen molar-refractivity contribution in [3.05, 3.63) is 29.7 Å². The number of nitrogens with one attached hydrogen (secondary N) is 1. The van der Waals surface area contributed by atoms with Gasteiger partial charge in [0.2, 0.25) is 0 Å². The zero-order chi connectivity index (χ0) is 14.6. The number of hydrogen-bond acceptors (Lipinski definition) is 4. The van der Waals surface area contributed by atoms with Crippen LogP contribution in [0.3, 0.4) is 0 Å². The van der Waals surface area contributed by atoms with Crippen LogP contribution in [0, 0.1) is 0 Å². The summed E-state index contributed by atoms with van der Waals surface area (Å²) in [5, 5.41) is 0.858. The van der Waals surface area contributed by atoms with Crippen LogP contribution < -0.4 is 0 Å². The molecule has 0 aliphatic carbocycles. The van der Waals surface area contributed by atoms with Gasteiger partial charge in [0, 0.05) is 41.8 Å². The standard InChI is InChI=1S/C16H17N3O2/c1-9(20)16-11-4-5-17-7-13(11)18-12(16)6-15(21)14-3-2-10-8-19(10)14/h4-5,7,10,14,18H,2-3,6,8H2,1H3/t10-,14-,19?/m0/s1. The second-order valence-electron chi connectivity index (χ2n) is 6.04. The largest absolute Gasteiger partial charge is 0.356 e. The lowest BCUT2D eigenvalue weighted by atomic mass is 10.0. The van der Waals surface area contributed by atoms with Crippen LogP contribution in [0.4, 0.5) is 0 Å². The monoisotopic (exact) mass is 283 g/mol. The Bertz CT molecular complexity index is 749. The smallest absolute Gasteiger partial charge is 0.162 e. The molecule has 1 unspecified atom stereocenters. The average molecular weight is 283 g/mol. The molecule has 3 atom stereocenters.